The second-order valence-corrected chi connectivity index (χ2v) is 6.69. The molecular formula is C24H24O4. The summed E-state index contributed by atoms with van der Waals surface area (Å²) in [5, 5.41) is 22.0. The van der Waals surface area contributed by atoms with Gasteiger partial charge in [0.2, 0.25) is 0 Å². The smallest absolute Gasteiger partial charge is 0.335 e. The molecule has 144 valence electrons. The quantitative estimate of drug-likeness (QED) is 0.541. The maximum atomic E-state index is 11.9. The van der Waals surface area contributed by atoms with Crippen LogP contribution in [0.5, 0.6) is 11.5 Å². The molecule has 0 heterocycles. The molecule has 4 nitrogen and oxygen atoms in total. The van der Waals surface area contributed by atoms with Crippen LogP contribution in [0.3, 0.4) is 0 Å². The van der Waals surface area contributed by atoms with Gasteiger partial charge < -0.3 is 14.9 Å². The van der Waals surface area contributed by atoms with Crippen LogP contribution >= 0.6 is 0 Å². The Kier molecular flexibility index (Phi) is 5.99. The van der Waals surface area contributed by atoms with Gasteiger partial charge in [-0.1, -0.05) is 68.0 Å². The molecule has 0 atom stereocenters. The van der Waals surface area contributed by atoms with E-state index in [4.69, 9.17) is 4.74 Å². The third-order valence-electron chi connectivity index (χ3n) is 4.80. The van der Waals surface area contributed by atoms with Crippen molar-refractivity contribution in [1.82, 2.24) is 0 Å². The number of rotatable bonds is 7. The van der Waals surface area contributed by atoms with E-state index in [9.17, 15) is 15.0 Å². The van der Waals surface area contributed by atoms with Crippen LogP contribution in [0, 0.1) is 0 Å². The Morgan fingerprint density at radius 2 is 1.86 bits per heavy atom. The number of carbonyl (C=O) groups is 1. The number of benzene rings is 3. The van der Waals surface area contributed by atoms with Crippen molar-refractivity contribution in [2.45, 2.75) is 26.2 Å². The lowest BCUT2D eigenvalue weighted by molar-refractivity contribution is -0.130. The monoisotopic (exact) mass is 376 g/mol. The summed E-state index contributed by atoms with van der Waals surface area (Å²) in [7, 11) is 1.47. The lowest BCUT2D eigenvalue weighted by Gasteiger charge is -2.16. The van der Waals surface area contributed by atoms with Crippen LogP contribution in [0.2, 0.25) is 0 Å². The van der Waals surface area contributed by atoms with E-state index >= 15 is 0 Å². The summed E-state index contributed by atoms with van der Waals surface area (Å²) in [4.78, 5) is 11.9. The SMILES string of the molecule is CCC/C=C(\C(=O)O)c1cc(OC)c(O)c2c(Cc3ccccc3)cccc12. The highest BCUT2D eigenvalue weighted by molar-refractivity contribution is 6.20. The van der Waals surface area contributed by atoms with E-state index in [0.717, 1.165) is 17.5 Å². The van der Waals surface area contributed by atoms with Crippen molar-refractivity contribution in [1.29, 1.82) is 0 Å². The van der Waals surface area contributed by atoms with Gasteiger partial charge in [-0.05, 0) is 35.4 Å². The van der Waals surface area contributed by atoms with Gasteiger partial charge in [-0.3, -0.25) is 0 Å². The third-order valence-corrected chi connectivity index (χ3v) is 4.80. The minimum atomic E-state index is -0.990. The predicted octanol–water partition coefficient (Wildman–Crippen LogP) is 5.41. The Balaban J connectivity index is 2.28. The molecule has 0 radical (unpaired) electrons. The average Bonchev–Trinajstić information content (AvgIpc) is 2.70. The van der Waals surface area contributed by atoms with Gasteiger partial charge in [0.25, 0.3) is 0 Å². The summed E-state index contributed by atoms with van der Waals surface area (Å²) in [6.45, 7) is 2.00. The van der Waals surface area contributed by atoms with Crippen molar-refractivity contribution in [3.8, 4) is 11.5 Å². The van der Waals surface area contributed by atoms with E-state index in [0.29, 0.717) is 29.2 Å². The third kappa shape index (κ3) is 3.86. The van der Waals surface area contributed by atoms with Gasteiger partial charge in [-0.25, -0.2) is 4.79 Å². The average molecular weight is 376 g/mol. The summed E-state index contributed by atoms with van der Waals surface area (Å²) < 4.78 is 5.36. The van der Waals surface area contributed by atoms with Gasteiger partial charge in [0.05, 0.1) is 12.7 Å². The predicted molar refractivity (Wildman–Crippen MR) is 112 cm³/mol. The van der Waals surface area contributed by atoms with Crippen LogP contribution < -0.4 is 4.74 Å². The Bertz CT molecular complexity index is 1020. The molecule has 0 aromatic heterocycles. The van der Waals surface area contributed by atoms with Gasteiger partial charge >= 0.3 is 5.97 Å². The first kappa shape index (κ1) is 19.5. The Hall–Kier alpha value is -3.27. The van der Waals surface area contributed by atoms with E-state index in [-0.39, 0.29) is 17.1 Å². The number of carboxylic acids is 1. The van der Waals surface area contributed by atoms with Crippen molar-refractivity contribution in [3.05, 3.63) is 77.4 Å². The largest absolute Gasteiger partial charge is 0.504 e. The van der Waals surface area contributed by atoms with Crippen LogP contribution in [-0.2, 0) is 11.2 Å². The lowest BCUT2D eigenvalue weighted by Crippen LogP contribution is -2.02. The van der Waals surface area contributed by atoms with E-state index < -0.39 is 5.97 Å². The highest BCUT2D eigenvalue weighted by atomic mass is 16.5. The second-order valence-electron chi connectivity index (χ2n) is 6.69. The summed E-state index contributed by atoms with van der Waals surface area (Å²) in [6, 6.07) is 17.3. The number of carboxylic acid groups (broad SMARTS) is 1. The lowest BCUT2D eigenvalue weighted by atomic mass is 9.91. The van der Waals surface area contributed by atoms with Crippen LogP contribution in [0.4, 0.5) is 0 Å². The molecule has 2 N–H and O–H groups in total. The molecular weight excluding hydrogens is 352 g/mol. The molecule has 0 amide bonds. The number of phenols is 1. The molecule has 0 saturated heterocycles. The zero-order valence-electron chi connectivity index (χ0n) is 16.1. The molecule has 0 aliphatic heterocycles. The van der Waals surface area contributed by atoms with E-state index in [2.05, 4.69) is 0 Å². The number of phenolic OH excluding ortho intramolecular Hbond substituents is 1. The summed E-state index contributed by atoms with van der Waals surface area (Å²) in [6.07, 6.45) is 3.87. The van der Waals surface area contributed by atoms with Gasteiger partial charge in [-0.15, -0.1) is 0 Å². The fourth-order valence-corrected chi connectivity index (χ4v) is 3.45. The minimum Gasteiger partial charge on any atom is -0.504 e. The topological polar surface area (TPSA) is 66.8 Å². The van der Waals surface area contributed by atoms with Crippen LogP contribution in [0.15, 0.2) is 60.7 Å². The molecule has 4 heteroatoms. The van der Waals surface area contributed by atoms with Crippen LogP contribution in [0.25, 0.3) is 16.3 Å². The number of aliphatic carboxylic acids is 1. The molecule has 0 saturated carbocycles. The van der Waals surface area contributed by atoms with Crippen molar-refractivity contribution in [2.75, 3.05) is 7.11 Å². The van der Waals surface area contributed by atoms with Gasteiger partial charge in [0.15, 0.2) is 11.5 Å². The fraction of sp³-hybridized carbons (Fsp3) is 0.208. The number of fused-ring (bicyclic) bond motifs is 1. The molecule has 0 unspecified atom stereocenters. The molecule has 28 heavy (non-hydrogen) atoms. The first-order chi connectivity index (χ1) is 13.6. The van der Waals surface area contributed by atoms with E-state index in [1.54, 1.807) is 12.1 Å². The minimum absolute atomic E-state index is 0.0352. The molecule has 0 fully saturated rings. The number of unbranched alkanes of at least 4 members (excludes halogenated alkanes) is 1. The fourth-order valence-electron chi connectivity index (χ4n) is 3.45. The van der Waals surface area contributed by atoms with E-state index in [1.165, 1.54) is 7.11 Å². The Morgan fingerprint density at radius 1 is 1.11 bits per heavy atom. The Labute approximate surface area is 164 Å². The van der Waals surface area contributed by atoms with Gasteiger partial charge in [0.1, 0.15) is 0 Å². The highest BCUT2D eigenvalue weighted by Crippen LogP contribution is 2.41. The second kappa shape index (κ2) is 8.61. The van der Waals surface area contributed by atoms with Crippen molar-refractivity contribution < 1.29 is 19.7 Å². The molecule has 0 aliphatic rings. The van der Waals surface area contributed by atoms with Crippen molar-refractivity contribution in [2.24, 2.45) is 0 Å². The summed E-state index contributed by atoms with van der Waals surface area (Å²) in [5.41, 5.74) is 2.81. The molecule has 3 rings (SSSR count). The van der Waals surface area contributed by atoms with E-state index in [1.807, 2.05) is 55.5 Å². The van der Waals surface area contributed by atoms with Gasteiger partial charge in [-0.2, -0.15) is 0 Å². The number of methoxy groups -OCH3 is 1. The number of ether oxygens (including phenoxy) is 1. The molecule has 3 aromatic rings. The number of allylic oxidation sites excluding steroid dienone is 1. The Morgan fingerprint density at radius 3 is 2.50 bits per heavy atom. The number of hydrogen-bond acceptors (Lipinski definition) is 3. The van der Waals surface area contributed by atoms with Gasteiger partial charge in [0, 0.05) is 10.9 Å². The zero-order valence-corrected chi connectivity index (χ0v) is 16.1. The highest BCUT2D eigenvalue weighted by Gasteiger charge is 2.20. The number of aromatic hydroxyl groups is 1. The molecule has 3 aromatic carbocycles. The normalized spacial score (nSPS) is 11.6. The van der Waals surface area contributed by atoms with Crippen molar-refractivity contribution in [3.63, 3.8) is 0 Å². The van der Waals surface area contributed by atoms with Crippen LogP contribution in [-0.4, -0.2) is 23.3 Å². The standard InChI is InChI=1S/C24H24O4/c1-3-4-12-19(24(26)27)20-15-21(28-2)23(25)22-17(11-8-13-18(20)22)14-16-9-6-5-7-10-16/h5-13,15,25H,3-4,14H2,1-2H3,(H,26,27)/b19-12-. The van der Waals surface area contributed by atoms with Crippen LogP contribution in [0.1, 0.15) is 36.5 Å². The summed E-state index contributed by atoms with van der Waals surface area (Å²) >= 11 is 0. The number of hydrogen-bond donors (Lipinski definition) is 2. The zero-order chi connectivity index (χ0) is 20.1. The maximum absolute atomic E-state index is 11.9. The maximum Gasteiger partial charge on any atom is 0.335 e. The summed E-state index contributed by atoms with van der Waals surface area (Å²) in [5.74, 6) is -0.685. The molecule has 0 bridgehead atoms. The first-order valence-corrected chi connectivity index (χ1v) is 9.36. The first-order valence-electron chi connectivity index (χ1n) is 9.36. The van der Waals surface area contributed by atoms with Crippen molar-refractivity contribution >= 4 is 22.3 Å². The molecule has 0 spiro atoms. The molecule has 0 aliphatic carbocycles.